The van der Waals surface area contributed by atoms with Crippen LogP contribution in [-0.4, -0.2) is 94.5 Å². The van der Waals surface area contributed by atoms with E-state index in [1.807, 2.05) is 6.07 Å². The molecule has 48 heavy (non-hydrogen) atoms. The van der Waals surface area contributed by atoms with Crippen LogP contribution in [0.25, 0.3) is 6.08 Å². The zero-order chi connectivity index (χ0) is 35.7. The first-order chi connectivity index (χ1) is 22.4. The highest BCUT2D eigenvalue weighted by Gasteiger charge is 2.85. The van der Waals surface area contributed by atoms with Gasteiger partial charge in [-0.1, -0.05) is 36.4 Å². The third kappa shape index (κ3) is 6.50. The quantitative estimate of drug-likeness (QED) is 0.211. The average molecular weight is 673 g/mol. The Morgan fingerprint density at radius 3 is 2.21 bits per heavy atom. The number of hydrogen-bond acceptors (Lipinski definition) is 13. The largest absolute Gasteiger partial charge is 0.459 e. The molecule has 1 aromatic rings. The Labute approximate surface area is 279 Å². The minimum absolute atomic E-state index is 0.00923. The molecule has 3 fully saturated rings. The molecule has 1 aliphatic heterocycles. The molecule has 1 spiro atoms. The van der Waals surface area contributed by atoms with E-state index >= 15 is 0 Å². The van der Waals surface area contributed by atoms with Crippen LogP contribution in [0.15, 0.2) is 48.1 Å². The highest BCUT2D eigenvalue weighted by molar-refractivity contribution is 5.88. The second-order valence-electron chi connectivity index (χ2n) is 13.2. The standard InChI is InChI=1S/C35H44O13/c1-8-20(2)31(41)44-19-32(5)27-28(40)30(47-25(38)15-14-23-12-10-9-11-13-23)34(7)24(46-26(39)18-43-21(3)36)16-17-33(6,42)35(34,48-32)29(27)45-22(4)37/h8-15,24,27-30,40,42H,16-19H2,1-7H3/b15-14+,20-8+/t24-,27?,28-,29+,30-,32?,33-,34-,35?/m0/s1. The molecule has 13 heteroatoms. The van der Waals surface area contributed by atoms with Crippen LogP contribution < -0.4 is 0 Å². The van der Waals surface area contributed by atoms with Gasteiger partial charge in [-0.25, -0.2) is 14.4 Å². The number of hydrogen-bond donors (Lipinski definition) is 2. The lowest BCUT2D eigenvalue weighted by molar-refractivity contribution is -0.339. The summed E-state index contributed by atoms with van der Waals surface area (Å²) in [7, 11) is 0. The van der Waals surface area contributed by atoms with E-state index in [0.717, 1.165) is 13.8 Å². The second kappa shape index (κ2) is 13.8. The first-order valence-corrected chi connectivity index (χ1v) is 15.8. The Morgan fingerprint density at radius 2 is 1.60 bits per heavy atom. The van der Waals surface area contributed by atoms with Gasteiger partial charge in [-0.15, -0.1) is 0 Å². The SMILES string of the molecule is C/C=C(\C)C(=O)OCC1(C)OC23[C@H](OC(C)=O)C1[C@H](O)[C@H](OC(=O)/C=C/c1ccccc1)[C@]2(C)[C@@H](OC(=O)COC(C)=O)CC[C@]3(C)O. The van der Waals surface area contributed by atoms with Crippen molar-refractivity contribution in [3.63, 3.8) is 0 Å². The molecular weight excluding hydrogens is 628 g/mol. The van der Waals surface area contributed by atoms with Crippen LogP contribution in [0.5, 0.6) is 0 Å². The van der Waals surface area contributed by atoms with Crippen molar-refractivity contribution in [2.24, 2.45) is 11.3 Å². The van der Waals surface area contributed by atoms with Crippen molar-refractivity contribution in [3.05, 3.63) is 53.6 Å². The fraction of sp³-hybridized carbons (Fsp3) is 0.571. The van der Waals surface area contributed by atoms with E-state index in [-0.39, 0.29) is 12.8 Å². The number of carbonyl (C=O) groups is 5. The highest BCUT2D eigenvalue weighted by atomic mass is 16.6. The molecule has 262 valence electrons. The van der Waals surface area contributed by atoms with Gasteiger partial charge in [0.15, 0.2) is 6.61 Å². The predicted molar refractivity (Wildman–Crippen MR) is 167 cm³/mol. The Hall–Kier alpha value is -4.07. The first-order valence-electron chi connectivity index (χ1n) is 15.8. The number of aliphatic hydroxyl groups is 2. The van der Waals surface area contributed by atoms with Crippen LogP contribution in [0.4, 0.5) is 0 Å². The number of fused-ring (bicyclic) bond motifs is 1. The van der Waals surface area contributed by atoms with E-state index in [1.54, 1.807) is 44.2 Å². The molecule has 2 saturated carbocycles. The summed E-state index contributed by atoms with van der Waals surface area (Å²) in [6.07, 6.45) is -1.66. The van der Waals surface area contributed by atoms with Crippen molar-refractivity contribution < 1.29 is 62.6 Å². The van der Waals surface area contributed by atoms with E-state index in [4.69, 9.17) is 28.4 Å². The lowest BCUT2D eigenvalue weighted by atomic mass is 9.47. The zero-order valence-corrected chi connectivity index (χ0v) is 28.2. The van der Waals surface area contributed by atoms with Gasteiger partial charge in [0.1, 0.15) is 42.2 Å². The van der Waals surface area contributed by atoms with Crippen LogP contribution in [0, 0.1) is 11.3 Å². The molecule has 1 aromatic carbocycles. The number of esters is 5. The highest BCUT2D eigenvalue weighted by Crippen LogP contribution is 2.68. The van der Waals surface area contributed by atoms with Gasteiger partial charge in [-0.2, -0.15) is 0 Å². The Kier molecular flexibility index (Phi) is 10.6. The maximum absolute atomic E-state index is 13.4. The maximum atomic E-state index is 13.4. The Morgan fingerprint density at radius 1 is 0.938 bits per heavy atom. The summed E-state index contributed by atoms with van der Waals surface area (Å²) >= 11 is 0. The predicted octanol–water partition coefficient (Wildman–Crippen LogP) is 2.60. The smallest absolute Gasteiger partial charge is 0.344 e. The van der Waals surface area contributed by atoms with Crippen molar-refractivity contribution in [1.82, 2.24) is 0 Å². The summed E-state index contributed by atoms with van der Waals surface area (Å²) < 4.78 is 35.0. The maximum Gasteiger partial charge on any atom is 0.344 e. The van der Waals surface area contributed by atoms with E-state index < -0.39 is 95.6 Å². The van der Waals surface area contributed by atoms with Crippen LogP contribution in [0.3, 0.4) is 0 Å². The molecule has 0 aromatic heterocycles. The number of carbonyl (C=O) groups excluding carboxylic acids is 5. The number of allylic oxidation sites excluding steroid dienone is 1. The van der Waals surface area contributed by atoms with E-state index in [2.05, 4.69) is 0 Å². The van der Waals surface area contributed by atoms with E-state index in [1.165, 1.54) is 32.9 Å². The topological polar surface area (TPSA) is 181 Å². The van der Waals surface area contributed by atoms with Crippen molar-refractivity contribution in [1.29, 1.82) is 0 Å². The van der Waals surface area contributed by atoms with Gasteiger partial charge in [0.2, 0.25) is 0 Å². The van der Waals surface area contributed by atoms with Gasteiger partial charge < -0.3 is 38.6 Å². The number of rotatable bonds is 10. The second-order valence-corrected chi connectivity index (χ2v) is 13.2. The van der Waals surface area contributed by atoms with Gasteiger partial charge in [-0.3, -0.25) is 9.59 Å². The number of aliphatic hydroxyl groups excluding tert-OH is 1. The molecule has 2 aliphatic carbocycles. The lowest BCUT2D eigenvalue weighted by Gasteiger charge is -2.64. The van der Waals surface area contributed by atoms with Crippen LogP contribution in [0.2, 0.25) is 0 Å². The molecule has 0 radical (unpaired) electrons. The van der Waals surface area contributed by atoms with Crippen LogP contribution in [-0.2, 0) is 52.4 Å². The van der Waals surface area contributed by atoms with Crippen molar-refractivity contribution in [2.75, 3.05) is 13.2 Å². The first kappa shape index (κ1) is 36.8. The minimum Gasteiger partial charge on any atom is -0.459 e. The van der Waals surface area contributed by atoms with Crippen molar-refractivity contribution in [2.45, 2.75) is 103 Å². The van der Waals surface area contributed by atoms with Gasteiger partial charge in [0.05, 0.1) is 16.9 Å². The summed E-state index contributed by atoms with van der Waals surface area (Å²) in [5.41, 5.74) is -6.30. The van der Waals surface area contributed by atoms with Crippen LogP contribution >= 0.6 is 0 Å². The fourth-order valence-electron chi connectivity index (χ4n) is 7.62. The van der Waals surface area contributed by atoms with Crippen molar-refractivity contribution in [3.8, 4) is 0 Å². The molecule has 13 nitrogen and oxygen atoms in total. The summed E-state index contributed by atoms with van der Waals surface area (Å²) in [6, 6.07) is 8.93. The molecule has 3 unspecified atom stereocenters. The third-order valence-corrected chi connectivity index (χ3v) is 9.92. The lowest BCUT2D eigenvalue weighted by Crippen LogP contribution is -2.81. The van der Waals surface area contributed by atoms with E-state index in [9.17, 15) is 34.2 Å². The summed E-state index contributed by atoms with van der Waals surface area (Å²) in [5, 5.41) is 24.5. The van der Waals surface area contributed by atoms with Gasteiger partial charge >= 0.3 is 29.8 Å². The normalized spacial score (nSPS) is 35.7. The Bertz CT molecular complexity index is 1480. The van der Waals surface area contributed by atoms with E-state index in [0.29, 0.717) is 11.1 Å². The van der Waals surface area contributed by atoms with Crippen molar-refractivity contribution >= 4 is 35.9 Å². The molecule has 3 aliphatic rings. The number of ether oxygens (including phenoxy) is 6. The van der Waals surface area contributed by atoms with Crippen LogP contribution in [0.1, 0.15) is 66.9 Å². The third-order valence-electron chi connectivity index (χ3n) is 9.92. The summed E-state index contributed by atoms with van der Waals surface area (Å²) in [4.78, 5) is 63.3. The molecule has 2 N–H and O–H groups in total. The monoisotopic (exact) mass is 672 g/mol. The molecule has 9 atom stereocenters. The van der Waals surface area contributed by atoms with Gasteiger partial charge in [-0.05, 0) is 59.1 Å². The Balaban J connectivity index is 1.88. The number of benzene rings is 1. The molecule has 1 heterocycles. The minimum atomic E-state index is -2.01. The molecule has 1 saturated heterocycles. The zero-order valence-electron chi connectivity index (χ0n) is 28.2. The molecule has 4 rings (SSSR count). The summed E-state index contributed by atoms with van der Waals surface area (Å²) in [6.45, 7) is 8.84. The van der Waals surface area contributed by atoms with Gasteiger partial charge in [0, 0.05) is 25.5 Å². The van der Waals surface area contributed by atoms with Gasteiger partial charge in [0.25, 0.3) is 0 Å². The molecule has 2 bridgehead atoms. The molecular formula is C35H44O13. The fourth-order valence-corrected chi connectivity index (χ4v) is 7.62. The average Bonchev–Trinajstić information content (AvgIpc) is 3.26. The summed E-state index contributed by atoms with van der Waals surface area (Å²) in [5.74, 6) is -5.17. The molecule has 0 amide bonds.